The molecule has 0 spiro atoms. The highest BCUT2D eigenvalue weighted by molar-refractivity contribution is 5.78. The minimum absolute atomic E-state index is 0.463. The van der Waals surface area contributed by atoms with E-state index in [0.29, 0.717) is 11.2 Å². The third-order valence-electron chi connectivity index (χ3n) is 5.49. The maximum atomic E-state index is 11.5. The summed E-state index contributed by atoms with van der Waals surface area (Å²) in [4.78, 5) is 11.5. The molecule has 0 aromatic carbocycles. The summed E-state index contributed by atoms with van der Waals surface area (Å²) in [6.07, 6.45) is 12.4. The van der Waals surface area contributed by atoms with Gasteiger partial charge in [0.05, 0.1) is 0 Å². The lowest BCUT2D eigenvalue weighted by molar-refractivity contribution is -0.119. The molecule has 2 saturated carbocycles. The van der Waals surface area contributed by atoms with E-state index < -0.39 is 0 Å². The zero-order valence-corrected chi connectivity index (χ0v) is 11.6. The van der Waals surface area contributed by atoms with Crippen molar-refractivity contribution in [3.63, 3.8) is 0 Å². The average molecular weight is 236 g/mol. The minimum atomic E-state index is 0.463. The van der Waals surface area contributed by atoms with Crippen LogP contribution in [0.5, 0.6) is 0 Å². The molecule has 0 amide bonds. The Kier molecular flexibility index (Phi) is 4.27. The van der Waals surface area contributed by atoms with Crippen molar-refractivity contribution in [2.75, 3.05) is 0 Å². The molecule has 98 valence electrons. The van der Waals surface area contributed by atoms with E-state index in [9.17, 15) is 4.79 Å². The van der Waals surface area contributed by atoms with Crippen molar-refractivity contribution in [3.05, 3.63) is 0 Å². The normalized spacial score (nSPS) is 29.1. The summed E-state index contributed by atoms with van der Waals surface area (Å²) in [7, 11) is 0. The molecule has 0 aromatic rings. The van der Waals surface area contributed by atoms with E-state index in [1.807, 2.05) is 0 Å². The first-order valence-corrected chi connectivity index (χ1v) is 7.62. The lowest BCUT2D eigenvalue weighted by atomic mass is 9.62. The number of hydrogen-bond acceptors (Lipinski definition) is 1. The van der Waals surface area contributed by atoms with E-state index in [1.165, 1.54) is 38.5 Å². The lowest BCUT2D eigenvalue weighted by Gasteiger charge is -2.43. The summed E-state index contributed by atoms with van der Waals surface area (Å²) >= 11 is 0. The van der Waals surface area contributed by atoms with Crippen molar-refractivity contribution in [1.29, 1.82) is 0 Å². The molecule has 0 bridgehead atoms. The van der Waals surface area contributed by atoms with Crippen LogP contribution in [0.2, 0.25) is 0 Å². The maximum absolute atomic E-state index is 11.5. The number of carbonyl (C=O) groups is 1. The molecule has 1 heteroatoms. The smallest absolute Gasteiger partial charge is 0.132 e. The maximum Gasteiger partial charge on any atom is 0.132 e. The Labute approximate surface area is 106 Å². The Bertz CT molecular complexity index is 261. The van der Waals surface area contributed by atoms with E-state index in [-0.39, 0.29) is 0 Å². The summed E-state index contributed by atoms with van der Waals surface area (Å²) in [5, 5.41) is 0. The second-order valence-corrected chi connectivity index (χ2v) is 6.82. The van der Waals surface area contributed by atoms with Crippen LogP contribution in [0.4, 0.5) is 0 Å². The Morgan fingerprint density at radius 1 is 0.824 bits per heavy atom. The fraction of sp³-hybridized carbons (Fsp3) is 0.938. The Hall–Kier alpha value is -0.330. The zero-order valence-electron chi connectivity index (χ0n) is 11.6. The van der Waals surface area contributed by atoms with Crippen LogP contribution in [0.25, 0.3) is 0 Å². The first kappa shape index (κ1) is 13.1. The Morgan fingerprint density at radius 3 is 2.12 bits per heavy atom. The fourth-order valence-electron chi connectivity index (χ4n) is 4.07. The molecule has 0 N–H and O–H groups in total. The molecule has 1 nitrogen and oxygen atoms in total. The van der Waals surface area contributed by atoms with Gasteiger partial charge in [-0.15, -0.1) is 0 Å². The van der Waals surface area contributed by atoms with Gasteiger partial charge in [-0.2, -0.15) is 0 Å². The first-order valence-electron chi connectivity index (χ1n) is 7.62. The minimum Gasteiger partial charge on any atom is -0.300 e. The number of Topliss-reactive ketones (excluding diaryl/α,β-unsaturated/α-hetero) is 1. The lowest BCUT2D eigenvalue weighted by Crippen LogP contribution is -2.33. The van der Waals surface area contributed by atoms with Crippen LogP contribution in [-0.2, 0) is 4.79 Å². The number of rotatable bonds is 2. The first-order chi connectivity index (χ1) is 8.10. The van der Waals surface area contributed by atoms with Crippen molar-refractivity contribution in [3.8, 4) is 0 Å². The molecule has 2 fully saturated rings. The molecular weight excluding hydrogens is 208 g/mol. The molecule has 0 heterocycles. The molecule has 0 radical (unpaired) electrons. The summed E-state index contributed by atoms with van der Waals surface area (Å²) in [5.41, 5.74) is 0.463. The van der Waals surface area contributed by atoms with E-state index in [1.54, 1.807) is 0 Å². The van der Waals surface area contributed by atoms with Gasteiger partial charge in [0.1, 0.15) is 5.78 Å². The van der Waals surface area contributed by atoms with Crippen LogP contribution in [0.15, 0.2) is 0 Å². The largest absolute Gasteiger partial charge is 0.300 e. The van der Waals surface area contributed by atoms with Gasteiger partial charge in [-0.05, 0) is 49.4 Å². The molecular formula is C16H28O. The van der Waals surface area contributed by atoms with Crippen molar-refractivity contribution >= 4 is 5.78 Å². The molecule has 0 aromatic heterocycles. The van der Waals surface area contributed by atoms with Gasteiger partial charge < -0.3 is 0 Å². The van der Waals surface area contributed by atoms with Crippen LogP contribution in [0.1, 0.15) is 78.1 Å². The van der Waals surface area contributed by atoms with Crippen LogP contribution in [-0.4, -0.2) is 5.78 Å². The molecule has 2 rings (SSSR count). The second-order valence-electron chi connectivity index (χ2n) is 6.82. The van der Waals surface area contributed by atoms with Gasteiger partial charge in [0, 0.05) is 12.8 Å². The van der Waals surface area contributed by atoms with Gasteiger partial charge in [0.2, 0.25) is 0 Å². The molecule has 17 heavy (non-hydrogen) atoms. The number of ketones is 1. The topological polar surface area (TPSA) is 17.1 Å². The predicted octanol–water partition coefficient (Wildman–Crippen LogP) is 4.74. The summed E-state index contributed by atoms with van der Waals surface area (Å²) in [6, 6.07) is 0. The highest BCUT2D eigenvalue weighted by atomic mass is 16.1. The van der Waals surface area contributed by atoms with Crippen LogP contribution in [0.3, 0.4) is 0 Å². The third kappa shape index (κ3) is 3.11. The monoisotopic (exact) mass is 236 g/mol. The van der Waals surface area contributed by atoms with Crippen molar-refractivity contribution in [2.45, 2.75) is 78.1 Å². The van der Waals surface area contributed by atoms with Crippen molar-refractivity contribution < 1.29 is 4.79 Å². The molecule has 2 aliphatic carbocycles. The summed E-state index contributed by atoms with van der Waals surface area (Å²) in [6.45, 7) is 4.95. The molecule has 0 aliphatic heterocycles. The van der Waals surface area contributed by atoms with Gasteiger partial charge >= 0.3 is 0 Å². The van der Waals surface area contributed by atoms with Crippen molar-refractivity contribution in [1.82, 2.24) is 0 Å². The van der Waals surface area contributed by atoms with Gasteiger partial charge in [0.15, 0.2) is 0 Å². The highest BCUT2D eigenvalue weighted by Crippen LogP contribution is 2.47. The summed E-state index contributed by atoms with van der Waals surface area (Å²) in [5.74, 6) is 2.21. The Balaban J connectivity index is 1.99. The zero-order chi connectivity index (χ0) is 12.3. The van der Waals surface area contributed by atoms with Gasteiger partial charge in [-0.3, -0.25) is 4.79 Å². The predicted molar refractivity (Wildman–Crippen MR) is 71.9 cm³/mol. The van der Waals surface area contributed by atoms with Gasteiger partial charge in [-0.1, -0.05) is 33.1 Å². The average Bonchev–Trinajstić information content (AvgIpc) is 2.55. The van der Waals surface area contributed by atoms with E-state index in [0.717, 1.165) is 37.5 Å². The quantitative estimate of drug-likeness (QED) is 0.633. The van der Waals surface area contributed by atoms with Gasteiger partial charge in [0.25, 0.3) is 0 Å². The second kappa shape index (κ2) is 5.54. The highest BCUT2D eigenvalue weighted by Gasteiger charge is 2.37. The van der Waals surface area contributed by atoms with E-state index >= 15 is 0 Å². The number of carbonyl (C=O) groups excluding carboxylic acids is 1. The van der Waals surface area contributed by atoms with Crippen LogP contribution < -0.4 is 0 Å². The third-order valence-corrected chi connectivity index (χ3v) is 5.49. The molecule has 0 saturated heterocycles. The molecule has 2 aliphatic rings. The van der Waals surface area contributed by atoms with Crippen molar-refractivity contribution in [2.24, 2.45) is 17.3 Å². The number of hydrogen-bond donors (Lipinski definition) is 0. The fourth-order valence-corrected chi connectivity index (χ4v) is 4.07. The van der Waals surface area contributed by atoms with E-state index in [2.05, 4.69) is 13.8 Å². The standard InChI is InChI=1S/C16H28O/c1-16(2,13-7-4-3-5-8-13)14-9-6-10-15(17)12-11-14/h13-14H,3-12H2,1-2H3/t14-/m1/s1. The molecule has 1 atom stereocenters. The Morgan fingerprint density at radius 2 is 1.41 bits per heavy atom. The van der Waals surface area contributed by atoms with Crippen LogP contribution in [0, 0.1) is 17.3 Å². The molecule has 0 unspecified atom stereocenters. The van der Waals surface area contributed by atoms with E-state index in [4.69, 9.17) is 0 Å². The van der Waals surface area contributed by atoms with Gasteiger partial charge in [-0.25, -0.2) is 0 Å². The SMILES string of the molecule is CC(C)(C1CCCCC1)[C@@H]1CCCC(=O)CC1. The summed E-state index contributed by atoms with van der Waals surface area (Å²) < 4.78 is 0. The van der Waals surface area contributed by atoms with Crippen LogP contribution >= 0.6 is 0 Å².